The molecule has 8 nitrogen and oxygen atoms in total. The maximum atomic E-state index is 12.3. The fraction of sp³-hybridized carbons (Fsp3) is 0.0952. The van der Waals surface area contributed by atoms with Crippen molar-refractivity contribution < 1.29 is 24.0 Å². The van der Waals surface area contributed by atoms with Crippen LogP contribution in [0.5, 0.6) is 0 Å². The first-order valence-corrected chi connectivity index (χ1v) is 10.8. The molecule has 3 aromatic rings. The zero-order valence-corrected chi connectivity index (χ0v) is 18.8. The van der Waals surface area contributed by atoms with E-state index in [9.17, 15) is 14.4 Å². The number of hydrogen-bond donors (Lipinski definition) is 1. The maximum absolute atomic E-state index is 12.3. The fourth-order valence-electron chi connectivity index (χ4n) is 2.32. The van der Waals surface area contributed by atoms with Crippen molar-refractivity contribution in [2.24, 2.45) is 5.16 Å². The van der Waals surface area contributed by atoms with Gasteiger partial charge in [-0.3, -0.25) is 10.1 Å². The summed E-state index contributed by atoms with van der Waals surface area (Å²) in [6.07, 6.45) is 0. The van der Waals surface area contributed by atoms with E-state index in [1.807, 2.05) is 0 Å². The average Bonchev–Trinajstić information content (AvgIpc) is 3.23. The van der Waals surface area contributed by atoms with Crippen molar-refractivity contribution in [3.05, 3.63) is 80.8 Å². The number of ether oxygens (including phenoxy) is 1. The van der Waals surface area contributed by atoms with E-state index in [0.29, 0.717) is 15.6 Å². The second kappa shape index (κ2) is 10.9. The third kappa shape index (κ3) is 6.13. The Morgan fingerprint density at radius 2 is 1.59 bits per heavy atom. The first-order chi connectivity index (χ1) is 15.4. The molecule has 2 aromatic carbocycles. The highest BCUT2D eigenvalue weighted by Gasteiger charge is 2.22. The fourth-order valence-corrected chi connectivity index (χ4v) is 3.27. The van der Waals surface area contributed by atoms with Gasteiger partial charge in [0.1, 0.15) is 5.69 Å². The molecule has 164 valence electrons. The molecule has 11 heteroatoms. The van der Waals surface area contributed by atoms with Crippen molar-refractivity contribution in [1.82, 2.24) is 4.98 Å². The van der Waals surface area contributed by atoms with Gasteiger partial charge in [0.15, 0.2) is 5.13 Å². The molecule has 32 heavy (non-hydrogen) atoms. The summed E-state index contributed by atoms with van der Waals surface area (Å²) >= 11 is 12.7. The van der Waals surface area contributed by atoms with Gasteiger partial charge in [-0.05, 0) is 55.5 Å². The van der Waals surface area contributed by atoms with E-state index in [2.05, 4.69) is 15.5 Å². The lowest BCUT2D eigenvalue weighted by Crippen LogP contribution is -2.20. The number of carbonyl (C=O) groups is 3. The normalized spacial score (nSPS) is 11.0. The highest BCUT2D eigenvalue weighted by Crippen LogP contribution is 2.19. The summed E-state index contributed by atoms with van der Waals surface area (Å²) in [6, 6.07) is 12.2. The highest BCUT2D eigenvalue weighted by molar-refractivity contribution is 7.14. The predicted molar refractivity (Wildman–Crippen MR) is 122 cm³/mol. The summed E-state index contributed by atoms with van der Waals surface area (Å²) in [4.78, 5) is 45.9. The molecule has 0 saturated carbocycles. The number of carbonyl (C=O) groups excluding carboxylic acids is 3. The van der Waals surface area contributed by atoms with Gasteiger partial charge in [-0.25, -0.2) is 14.6 Å². The van der Waals surface area contributed by atoms with Crippen molar-refractivity contribution in [3.8, 4) is 0 Å². The van der Waals surface area contributed by atoms with Crippen LogP contribution in [-0.4, -0.2) is 35.1 Å². The Labute approximate surface area is 196 Å². The third-order valence-electron chi connectivity index (χ3n) is 3.84. The number of nitrogens with one attached hydrogen (secondary N) is 1. The number of thiazole rings is 1. The van der Waals surface area contributed by atoms with Gasteiger partial charge in [0, 0.05) is 21.0 Å². The molecule has 0 spiro atoms. The van der Waals surface area contributed by atoms with Crippen LogP contribution in [0.1, 0.15) is 33.3 Å². The molecule has 0 saturated heterocycles. The summed E-state index contributed by atoms with van der Waals surface area (Å²) < 4.78 is 4.97. The molecule has 1 N–H and O–H groups in total. The number of esters is 1. The molecule has 1 heterocycles. The van der Waals surface area contributed by atoms with Crippen LogP contribution in [-0.2, 0) is 14.4 Å². The number of anilines is 1. The van der Waals surface area contributed by atoms with Crippen LogP contribution in [0, 0.1) is 0 Å². The number of oxime groups is 1. The number of hydrogen-bond acceptors (Lipinski definition) is 8. The number of amides is 1. The largest absolute Gasteiger partial charge is 0.461 e. The van der Waals surface area contributed by atoms with Gasteiger partial charge in [-0.15, -0.1) is 11.3 Å². The van der Waals surface area contributed by atoms with Crippen molar-refractivity contribution in [2.75, 3.05) is 11.9 Å². The smallest absolute Gasteiger partial charge is 0.365 e. The molecular formula is C21H15Cl2N3O5S. The Balaban J connectivity index is 1.77. The summed E-state index contributed by atoms with van der Waals surface area (Å²) in [5.41, 5.74) is 0.319. The van der Waals surface area contributed by atoms with Crippen molar-refractivity contribution in [2.45, 2.75) is 6.92 Å². The van der Waals surface area contributed by atoms with Crippen LogP contribution < -0.4 is 5.32 Å². The van der Waals surface area contributed by atoms with E-state index >= 15 is 0 Å². The standard InChI is InChI=1S/C21H15Cl2N3O5S/c1-2-30-20(29)17(26-31-19(28)13-5-9-15(23)10-6-13)16-11-32-21(24-16)25-18(27)12-3-7-14(22)8-4-12/h3-11H,2H2,1H3,(H,24,25,27)/b26-17+. The second-order valence-corrected chi connectivity index (χ2v) is 7.78. The molecule has 0 atom stereocenters. The van der Waals surface area contributed by atoms with E-state index in [0.717, 1.165) is 11.3 Å². The molecule has 0 aliphatic rings. The number of benzene rings is 2. The predicted octanol–water partition coefficient (Wildman–Crippen LogP) is 4.83. The minimum atomic E-state index is -0.836. The number of nitrogens with zero attached hydrogens (tertiary/aromatic N) is 2. The molecule has 0 aliphatic carbocycles. The summed E-state index contributed by atoms with van der Waals surface area (Å²) in [6.45, 7) is 1.70. The molecule has 0 bridgehead atoms. The molecule has 0 unspecified atom stereocenters. The molecule has 1 aromatic heterocycles. The van der Waals surface area contributed by atoms with Crippen LogP contribution in [0.3, 0.4) is 0 Å². The highest BCUT2D eigenvalue weighted by atomic mass is 35.5. The summed E-state index contributed by atoms with van der Waals surface area (Å²) in [5.74, 6) is -2.04. The van der Waals surface area contributed by atoms with E-state index in [-0.39, 0.29) is 28.7 Å². The average molecular weight is 492 g/mol. The number of halogens is 2. The van der Waals surface area contributed by atoms with E-state index in [1.54, 1.807) is 31.2 Å². The van der Waals surface area contributed by atoms with Gasteiger partial charge in [0.05, 0.1) is 12.2 Å². The van der Waals surface area contributed by atoms with Gasteiger partial charge in [0.2, 0.25) is 5.71 Å². The van der Waals surface area contributed by atoms with Gasteiger partial charge < -0.3 is 9.57 Å². The van der Waals surface area contributed by atoms with Gasteiger partial charge in [-0.1, -0.05) is 28.4 Å². The zero-order valence-electron chi connectivity index (χ0n) is 16.5. The first kappa shape index (κ1) is 23.4. The topological polar surface area (TPSA) is 107 Å². The third-order valence-corrected chi connectivity index (χ3v) is 5.10. The van der Waals surface area contributed by atoms with E-state index in [4.69, 9.17) is 32.8 Å². The minimum absolute atomic E-state index is 0.0729. The van der Waals surface area contributed by atoms with Crippen molar-refractivity contribution in [1.29, 1.82) is 0 Å². The van der Waals surface area contributed by atoms with Gasteiger partial charge in [0.25, 0.3) is 5.91 Å². The Morgan fingerprint density at radius 1 is 1.00 bits per heavy atom. The first-order valence-electron chi connectivity index (χ1n) is 9.12. The lowest BCUT2D eigenvalue weighted by molar-refractivity contribution is -0.135. The second-order valence-electron chi connectivity index (χ2n) is 6.04. The Bertz CT molecular complexity index is 1160. The monoisotopic (exact) mass is 491 g/mol. The van der Waals surface area contributed by atoms with Gasteiger partial charge >= 0.3 is 11.9 Å². The van der Waals surface area contributed by atoms with Crippen LogP contribution >= 0.6 is 34.5 Å². The quantitative estimate of drug-likeness (QED) is 0.219. The Hall–Kier alpha value is -3.27. The SMILES string of the molecule is CCOC(=O)/C(=N/OC(=O)c1ccc(Cl)cc1)c1csc(NC(=O)c2ccc(Cl)cc2)n1. The van der Waals surface area contributed by atoms with Crippen LogP contribution in [0.2, 0.25) is 10.0 Å². The molecule has 3 rings (SSSR count). The summed E-state index contributed by atoms with van der Waals surface area (Å²) in [5, 5.41) is 8.90. The Morgan fingerprint density at radius 3 is 2.19 bits per heavy atom. The van der Waals surface area contributed by atoms with E-state index in [1.165, 1.54) is 29.6 Å². The van der Waals surface area contributed by atoms with E-state index < -0.39 is 17.8 Å². The number of rotatable bonds is 7. The molecular weight excluding hydrogens is 477 g/mol. The van der Waals surface area contributed by atoms with Gasteiger partial charge in [-0.2, -0.15) is 0 Å². The maximum Gasteiger partial charge on any atom is 0.365 e. The Kier molecular flexibility index (Phi) is 7.93. The minimum Gasteiger partial charge on any atom is -0.461 e. The lowest BCUT2D eigenvalue weighted by atomic mass is 10.2. The molecule has 0 radical (unpaired) electrons. The lowest BCUT2D eigenvalue weighted by Gasteiger charge is -2.04. The number of aromatic nitrogens is 1. The van der Waals surface area contributed by atoms with Crippen molar-refractivity contribution >= 4 is 63.2 Å². The zero-order chi connectivity index (χ0) is 23.1. The molecule has 1 amide bonds. The van der Waals surface area contributed by atoms with Crippen LogP contribution in [0.25, 0.3) is 0 Å². The molecule has 0 fully saturated rings. The summed E-state index contributed by atoms with van der Waals surface area (Å²) in [7, 11) is 0. The van der Waals surface area contributed by atoms with Crippen molar-refractivity contribution in [3.63, 3.8) is 0 Å². The van der Waals surface area contributed by atoms with Crippen LogP contribution in [0.4, 0.5) is 5.13 Å². The van der Waals surface area contributed by atoms with Crippen LogP contribution in [0.15, 0.2) is 59.1 Å². The molecule has 0 aliphatic heterocycles.